The summed E-state index contributed by atoms with van der Waals surface area (Å²) in [7, 11) is 2.21. The van der Waals surface area contributed by atoms with E-state index >= 15 is 0 Å². The first-order valence-corrected chi connectivity index (χ1v) is 6.61. The highest BCUT2D eigenvalue weighted by Crippen LogP contribution is 2.09. The van der Waals surface area contributed by atoms with Crippen LogP contribution in [-0.4, -0.2) is 52.8 Å². The summed E-state index contributed by atoms with van der Waals surface area (Å²) in [6.45, 7) is 3.55. The van der Waals surface area contributed by atoms with E-state index in [0.717, 1.165) is 25.2 Å². The van der Waals surface area contributed by atoms with Crippen LogP contribution in [0.4, 0.5) is 0 Å². The van der Waals surface area contributed by atoms with Crippen molar-refractivity contribution in [3.05, 3.63) is 12.2 Å². The summed E-state index contributed by atoms with van der Waals surface area (Å²) in [5.41, 5.74) is 0. The Labute approximate surface area is 103 Å². The molecule has 17 heavy (non-hydrogen) atoms. The second-order valence-electron chi connectivity index (χ2n) is 4.92. The van der Waals surface area contributed by atoms with Gasteiger partial charge in [-0.15, -0.1) is 0 Å². The summed E-state index contributed by atoms with van der Waals surface area (Å²) < 4.78 is 0. The predicted molar refractivity (Wildman–Crippen MR) is 67.8 cm³/mol. The summed E-state index contributed by atoms with van der Waals surface area (Å²) >= 11 is 0. The maximum absolute atomic E-state index is 4.12. The number of aryl methyl sites for hydroxylation is 1. The standard InChI is InChI=1S/C12H23N5/c1-17-8-3-4-11(6-9-17)13-7-2-5-12-14-10-15-16-12/h10-11,13H,2-9H2,1H3,(H,14,15,16). The van der Waals surface area contributed by atoms with Gasteiger partial charge < -0.3 is 10.2 Å². The van der Waals surface area contributed by atoms with Gasteiger partial charge in [0.25, 0.3) is 0 Å². The van der Waals surface area contributed by atoms with Crippen molar-refractivity contribution in [1.29, 1.82) is 0 Å². The summed E-state index contributed by atoms with van der Waals surface area (Å²) in [5, 5.41) is 10.4. The first-order valence-electron chi connectivity index (χ1n) is 6.61. The van der Waals surface area contributed by atoms with Gasteiger partial charge in [-0.25, -0.2) is 4.98 Å². The van der Waals surface area contributed by atoms with Gasteiger partial charge in [-0.2, -0.15) is 5.10 Å². The van der Waals surface area contributed by atoms with Crippen molar-refractivity contribution in [3.63, 3.8) is 0 Å². The zero-order valence-electron chi connectivity index (χ0n) is 10.7. The van der Waals surface area contributed by atoms with Crippen molar-refractivity contribution in [3.8, 4) is 0 Å². The molecule has 1 fully saturated rings. The molecule has 0 aromatic carbocycles. The van der Waals surface area contributed by atoms with E-state index in [-0.39, 0.29) is 0 Å². The van der Waals surface area contributed by atoms with Crippen molar-refractivity contribution < 1.29 is 0 Å². The van der Waals surface area contributed by atoms with Gasteiger partial charge in [0.1, 0.15) is 12.2 Å². The zero-order valence-corrected chi connectivity index (χ0v) is 10.7. The Kier molecular flexibility index (Phi) is 4.94. The van der Waals surface area contributed by atoms with E-state index in [1.807, 2.05) is 0 Å². The van der Waals surface area contributed by atoms with Crippen molar-refractivity contribution in [2.75, 3.05) is 26.7 Å². The molecule has 0 spiro atoms. The molecular weight excluding hydrogens is 214 g/mol. The summed E-state index contributed by atoms with van der Waals surface area (Å²) in [4.78, 5) is 6.55. The lowest BCUT2D eigenvalue weighted by molar-refractivity contribution is 0.343. The van der Waals surface area contributed by atoms with Crippen molar-refractivity contribution in [2.24, 2.45) is 0 Å². The number of likely N-dealkylation sites (tertiary alicyclic amines) is 1. The molecule has 2 N–H and O–H groups in total. The quantitative estimate of drug-likeness (QED) is 0.744. The number of nitrogens with one attached hydrogen (secondary N) is 2. The molecule has 96 valence electrons. The molecule has 1 aromatic rings. The van der Waals surface area contributed by atoms with Crippen LogP contribution in [0.1, 0.15) is 31.5 Å². The maximum atomic E-state index is 4.12. The molecule has 0 saturated carbocycles. The molecule has 1 unspecified atom stereocenters. The molecular formula is C12H23N5. The lowest BCUT2D eigenvalue weighted by Gasteiger charge is -2.16. The topological polar surface area (TPSA) is 56.8 Å². The fourth-order valence-electron chi connectivity index (χ4n) is 2.36. The first-order chi connectivity index (χ1) is 8.34. The molecule has 5 heteroatoms. The smallest absolute Gasteiger partial charge is 0.137 e. The summed E-state index contributed by atoms with van der Waals surface area (Å²) in [6.07, 6.45) is 7.59. The number of aromatic amines is 1. The third-order valence-corrected chi connectivity index (χ3v) is 3.44. The van der Waals surface area contributed by atoms with Gasteiger partial charge >= 0.3 is 0 Å². The lowest BCUT2D eigenvalue weighted by Crippen LogP contribution is -2.31. The minimum Gasteiger partial charge on any atom is -0.314 e. The van der Waals surface area contributed by atoms with E-state index in [4.69, 9.17) is 0 Å². The summed E-state index contributed by atoms with van der Waals surface area (Å²) in [5.74, 6) is 0.993. The Hall–Kier alpha value is -0.940. The minimum absolute atomic E-state index is 0.703. The van der Waals surface area contributed by atoms with E-state index in [2.05, 4.69) is 32.4 Å². The minimum atomic E-state index is 0.703. The molecule has 1 atom stereocenters. The maximum Gasteiger partial charge on any atom is 0.137 e. The van der Waals surface area contributed by atoms with Gasteiger partial charge in [-0.1, -0.05) is 0 Å². The van der Waals surface area contributed by atoms with Crippen LogP contribution in [0, 0.1) is 0 Å². The first kappa shape index (κ1) is 12.5. The number of rotatable bonds is 5. The van der Waals surface area contributed by atoms with E-state index in [9.17, 15) is 0 Å². The number of hydrogen-bond donors (Lipinski definition) is 2. The van der Waals surface area contributed by atoms with Crippen LogP contribution < -0.4 is 5.32 Å². The van der Waals surface area contributed by atoms with Gasteiger partial charge in [0.05, 0.1) is 0 Å². The highest BCUT2D eigenvalue weighted by atomic mass is 15.2. The molecule has 0 aliphatic carbocycles. The fourth-order valence-corrected chi connectivity index (χ4v) is 2.36. The molecule has 1 aliphatic rings. The van der Waals surface area contributed by atoms with Crippen molar-refractivity contribution in [2.45, 2.75) is 38.1 Å². The highest BCUT2D eigenvalue weighted by Gasteiger charge is 2.13. The second kappa shape index (κ2) is 6.71. The van der Waals surface area contributed by atoms with Crippen LogP contribution in [0.3, 0.4) is 0 Å². The third kappa shape index (κ3) is 4.44. The molecule has 1 aromatic heterocycles. The Bertz CT molecular complexity index is 298. The second-order valence-corrected chi connectivity index (χ2v) is 4.92. The Morgan fingerprint density at radius 3 is 3.24 bits per heavy atom. The Balaban J connectivity index is 1.58. The van der Waals surface area contributed by atoms with Crippen molar-refractivity contribution in [1.82, 2.24) is 25.4 Å². The third-order valence-electron chi connectivity index (χ3n) is 3.44. The molecule has 0 bridgehead atoms. The van der Waals surface area contributed by atoms with Crippen LogP contribution in [0.25, 0.3) is 0 Å². The average Bonchev–Trinajstić information content (AvgIpc) is 2.75. The zero-order chi connectivity index (χ0) is 11.9. The largest absolute Gasteiger partial charge is 0.314 e. The molecule has 1 aliphatic heterocycles. The van der Waals surface area contributed by atoms with Gasteiger partial charge in [-0.05, 0) is 52.4 Å². The number of nitrogens with zero attached hydrogens (tertiary/aromatic N) is 3. The van der Waals surface area contributed by atoms with Crippen LogP contribution in [0.2, 0.25) is 0 Å². The fraction of sp³-hybridized carbons (Fsp3) is 0.833. The lowest BCUT2D eigenvalue weighted by atomic mass is 10.1. The Morgan fingerprint density at radius 1 is 1.47 bits per heavy atom. The van der Waals surface area contributed by atoms with Crippen LogP contribution in [0.15, 0.2) is 6.33 Å². The van der Waals surface area contributed by atoms with Crippen LogP contribution in [-0.2, 0) is 6.42 Å². The van der Waals surface area contributed by atoms with Gasteiger partial charge in [0, 0.05) is 12.5 Å². The molecule has 5 nitrogen and oxygen atoms in total. The van der Waals surface area contributed by atoms with Crippen LogP contribution >= 0.6 is 0 Å². The van der Waals surface area contributed by atoms with E-state index in [1.165, 1.54) is 32.4 Å². The molecule has 0 radical (unpaired) electrons. The normalized spacial score (nSPS) is 22.5. The van der Waals surface area contributed by atoms with E-state index in [0.29, 0.717) is 6.04 Å². The Morgan fingerprint density at radius 2 is 2.41 bits per heavy atom. The highest BCUT2D eigenvalue weighted by molar-refractivity contribution is 4.80. The molecule has 2 rings (SSSR count). The monoisotopic (exact) mass is 237 g/mol. The number of H-pyrrole nitrogens is 1. The number of hydrogen-bond acceptors (Lipinski definition) is 4. The van der Waals surface area contributed by atoms with E-state index in [1.54, 1.807) is 6.33 Å². The number of aromatic nitrogens is 3. The van der Waals surface area contributed by atoms with Crippen LogP contribution in [0.5, 0.6) is 0 Å². The predicted octanol–water partition coefficient (Wildman–Crippen LogP) is 0.811. The SMILES string of the molecule is CN1CCCC(NCCCc2ncn[nH]2)CC1. The van der Waals surface area contributed by atoms with Crippen molar-refractivity contribution >= 4 is 0 Å². The summed E-state index contributed by atoms with van der Waals surface area (Å²) in [6, 6.07) is 0.703. The van der Waals surface area contributed by atoms with Gasteiger partial charge in [0.2, 0.25) is 0 Å². The van der Waals surface area contributed by atoms with Gasteiger partial charge in [-0.3, -0.25) is 5.10 Å². The average molecular weight is 237 g/mol. The van der Waals surface area contributed by atoms with E-state index < -0.39 is 0 Å². The molecule has 1 saturated heterocycles. The molecule has 0 amide bonds. The molecule has 2 heterocycles. The van der Waals surface area contributed by atoms with Gasteiger partial charge in [0.15, 0.2) is 0 Å².